The predicted octanol–water partition coefficient (Wildman–Crippen LogP) is 3.09. The van der Waals surface area contributed by atoms with Gasteiger partial charge in [0.05, 0.1) is 24.1 Å². The molecule has 4 aromatic rings. The first kappa shape index (κ1) is 30.8. The van der Waals surface area contributed by atoms with E-state index in [0.29, 0.717) is 17.6 Å². The lowest BCUT2D eigenvalue weighted by Gasteiger charge is -2.48. The van der Waals surface area contributed by atoms with Crippen molar-refractivity contribution in [2.75, 3.05) is 59.8 Å². The number of ether oxygens (including phenoxy) is 3. The first-order valence-electron chi connectivity index (χ1n) is 15.1. The summed E-state index contributed by atoms with van der Waals surface area (Å²) in [6.07, 6.45) is 3.22. The van der Waals surface area contributed by atoms with Gasteiger partial charge in [0.25, 0.3) is 5.91 Å². The van der Waals surface area contributed by atoms with Gasteiger partial charge in [0, 0.05) is 65.1 Å². The summed E-state index contributed by atoms with van der Waals surface area (Å²) in [7, 11) is 4.79. The molecule has 13 heteroatoms. The van der Waals surface area contributed by atoms with Crippen molar-refractivity contribution < 1.29 is 23.4 Å². The molecule has 2 aromatic heterocycles. The fourth-order valence-electron chi connectivity index (χ4n) is 6.24. The number of halogens is 1. The van der Waals surface area contributed by atoms with Crippen LogP contribution >= 0.6 is 0 Å². The second-order valence-electron chi connectivity index (χ2n) is 11.5. The second kappa shape index (κ2) is 13.4. The van der Waals surface area contributed by atoms with Crippen LogP contribution in [0.3, 0.4) is 0 Å². The molecule has 2 aliphatic rings. The summed E-state index contributed by atoms with van der Waals surface area (Å²) < 4.78 is 31.6. The van der Waals surface area contributed by atoms with Crippen LogP contribution < -0.4 is 15.8 Å². The summed E-state index contributed by atoms with van der Waals surface area (Å²) in [5, 5.41) is 8.61. The Morgan fingerprint density at radius 2 is 1.78 bits per heavy atom. The van der Waals surface area contributed by atoms with Crippen LogP contribution in [-0.2, 0) is 16.0 Å². The molecular weight excluding hydrogens is 579 g/mol. The molecule has 2 fully saturated rings. The molecular formula is C32H39FN8O4. The number of nitrogens with one attached hydrogen (secondary N) is 1. The van der Waals surface area contributed by atoms with Gasteiger partial charge in [-0.05, 0) is 36.6 Å². The van der Waals surface area contributed by atoms with Gasteiger partial charge in [-0.2, -0.15) is 5.10 Å². The number of carbonyl (C=O) groups is 1. The molecule has 45 heavy (non-hydrogen) atoms. The first-order chi connectivity index (χ1) is 21.9. The monoisotopic (exact) mass is 618 g/mol. The number of likely N-dealkylation sites (tertiary alicyclic amines) is 2. The minimum atomic E-state index is -0.504. The van der Waals surface area contributed by atoms with E-state index < -0.39 is 11.7 Å². The summed E-state index contributed by atoms with van der Waals surface area (Å²) in [6.45, 7) is 5.05. The Hall–Kier alpha value is -4.17. The highest BCUT2D eigenvalue weighted by Gasteiger charge is 2.36. The molecule has 6 rings (SSSR count). The Labute approximate surface area is 261 Å². The normalized spacial score (nSPS) is 16.7. The van der Waals surface area contributed by atoms with Gasteiger partial charge in [-0.1, -0.05) is 24.3 Å². The van der Waals surface area contributed by atoms with E-state index >= 15 is 0 Å². The van der Waals surface area contributed by atoms with Gasteiger partial charge in [0.1, 0.15) is 29.4 Å². The minimum Gasteiger partial charge on any atom is -0.496 e. The lowest BCUT2D eigenvalue weighted by molar-refractivity contribution is -0.131. The first-order valence-corrected chi connectivity index (χ1v) is 15.1. The van der Waals surface area contributed by atoms with Crippen LogP contribution in [0, 0.1) is 5.82 Å². The molecule has 0 atom stereocenters. The number of nitrogen functional groups attached to an aromatic ring is 1. The highest BCUT2D eigenvalue weighted by Crippen LogP contribution is 2.35. The quantitative estimate of drug-likeness (QED) is 0.242. The number of fused-ring (bicyclic) bond motifs is 1. The Kier molecular flexibility index (Phi) is 9.21. The Bertz CT molecular complexity index is 1630. The number of methoxy groups -OCH3 is 3. The van der Waals surface area contributed by atoms with Gasteiger partial charge >= 0.3 is 0 Å². The maximum Gasteiger partial charge on any atom is 0.255 e. The molecule has 1 amide bonds. The van der Waals surface area contributed by atoms with E-state index in [0.717, 1.165) is 79.5 Å². The summed E-state index contributed by atoms with van der Waals surface area (Å²) in [4.78, 5) is 26.5. The number of aromatic nitrogens is 4. The van der Waals surface area contributed by atoms with Crippen LogP contribution in [0.4, 0.5) is 10.2 Å². The van der Waals surface area contributed by atoms with Gasteiger partial charge in [-0.15, -0.1) is 0 Å². The largest absolute Gasteiger partial charge is 0.496 e. The van der Waals surface area contributed by atoms with Crippen LogP contribution in [0.5, 0.6) is 5.75 Å². The maximum absolute atomic E-state index is 13.7. The van der Waals surface area contributed by atoms with Crippen molar-refractivity contribution in [1.29, 1.82) is 0 Å². The van der Waals surface area contributed by atoms with E-state index in [1.807, 2.05) is 28.9 Å². The number of amides is 1. The summed E-state index contributed by atoms with van der Waals surface area (Å²) in [5.74, 6) is -0.226. The van der Waals surface area contributed by atoms with Gasteiger partial charge < -0.3 is 25.3 Å². The number of carbonyl (C=O) groups excluding carboxylic acids is 1. The standard InChI is InChI=1S/C32H39FN8O4/c1-43-26-9-8-22(33)14-25(26)32(42)35-15-20-4-6-21(7-5-20)29-28-30(34)36-19-37-31(28)41(38-29)23-10-12-40(13-11-23)24-16-39(17-24)18-27(44-2)45-3/h4-9,14,19,23-24,27H,10-13,15-18H2,1-3H3,(H,35,42)(H2,34,36,37). The number of hydrogen-bond donors (Lipinski definition) is 2. The third-order valence-corrected chi connectivity index (χ3v) is 8.84. The number of nitrogens with zero attached hydrogens (tertiary/aromatic N) is 6. The molecule has 0 unspecified atom stereocenters. The molecule has 2 aromatic carbocycles. The van der Waals surface area contributed by atoms with Crippen LogP contribution in [0.2, 0.25) is 0 Å². The Balaban J connectivity index is 1.12. The van der Waals surface area contributed by atoms with Crippen molar-refractivity contribution in [1.82, 2.24) is 34.9 Å². The molecule has 238 valence electrons. The molecule has 0 saturated carbocycles. The number of nitrogens with two attached hydrogens (primary N) is 1. The average Bonchev–Trinajstić information content (AvgIpc) is 3.44. The van der Waals surface area contributed by atoms with Crippen LogP contribution in [0.15, 0.2) is 48.8 Å². The SMILES string of the molecule is COc1ccc(F)cc1C(=O)NCc1ccc(-c2nn(C3CCN(C4CN(CC(OC)OC)C4)CC3)c3ncnc(N)c23)cc1. The van der Waals surface area contributed by atoms with Gasteiger partial charge in [-0.25, -0.2) is 19.0 Å². The average molecular weight is 619 g/mol. The van der Waals surface area contributed by atoms with Crippen molar-refractivity contribution in [2.24, 2.45) is 0 Å². The highest BCUT2D eigenvalue weighted by atomic mass is 19.1. The van der Waals surface area contributed by atoms with Crippen molar-refractivity contribution in [3.8, 4) is 17.0 Å². The molecule has 3 N–H and O–H groups in total. The highest BCUT2D eigenvalue weighted by molar-refractivity contribution is 5.98. The van der Waals surface area contributed by atoms with Crippen molar-refractivity contribution in [2.45, 2.75) is 37.8 Å². The zero-order chi connectivity index (χ0) is 31.5. The molecule has 0 radical (unpaired) electrons. The van der Waals surface area contributed by atoms with Crippen molar-refractivity contribution in [3.05, 3.63) is 65.7 Å². The van der Waals surface area contributed by atoms with E-state index in [4.69, 9.17) is 25.0 Å². The number of piperidine rings is 1. The summed E-state index contributed by atoms with van der Waals surface area (Å²) >= 11 is 0. The maximum atomic E-state index is 13.7. The number of anilines is 1. The Morgan fingerprint density at radius 1 is 1.04 bits per heavy atom. The Morgan fingerprint density at radius 3 is 2.47 bits per heavy atom. The predicted molar refractivity (Wildman–Crippen MR) is 167 cm³/mol. The molecule has 2 aliphatic heterocycles. The van der Waals surface area contributed by atoms with Crippen molar-refractivity contribution in [3.63, 3.8) is 0 Å². The third kappa shape index (κ3) is 6.47. The van der Waals surface area contributed by atoms with E-state index in [-0.39, 0.29) is 24.4 Å². The molecule has 0 spiro atoms. The van der Waals surface area contributed by atoms with Crippen LogP contribution in [-0.4, -0.2) is 102 Å². The van der Waals surface area contributed by atoms with Gasteiger partial charge in [-0.3, -0.25) is 14.6 Å². The number of rotatable bonds is 11. The fourth-order valence-corrected chi connectivity index (χ4v) is 6.24. The van der Waals surface area contributed by atoms with E-state index in [2.05, 4.69) is 25.1 Å². The van der Waals surface area contributed by atoms with Gasteiger partial charge in [0.15, 0.2) is 11.9 Å². The molecule has 12 nitrogen and oxygen atoms in total. The van der Waals surface area contributed by atoms with Gasteiger partial charge in [0.2, 0.25) is 0 Å². The smallest absolute Gasteiger partial charge is 0.255 e. The van der Waals surface area contributed by atoms with Crippen LogP contribution in [0.25, 0.3) is 22.3 Å². The zero-order valence-corrected chi connectivity index (χ0v) is 25.8. The number of benzene rings is 2. The molecule has 2 saturated heterocycles. The molecule has 0 aliphatic carbocycles. The van der Waals surface area contributed by atoms with Crippen LogP contribution in [0.1, 0.15) is 34.8 Å². The topological polar surface area (TPSA) is 133 Å². The second-order valence-corrected chi connectivity index (χ2v) is 11.5. The van der Waals surface area contributed by atoms with Crippen molar-refractivity contribution >= 4 is 22.8 Å². The number of hydrogen-bond acceptors (Lipinski definition) is 10. The summed E-state index contributed by atoms with van der Waals surface area (Å²) in [6, 6.07) is 12.3. The van der Waals surface area contributed by atoms with E-state index in [9.17, 15) is 9.18 Å². The minimum absolute atomic E-state index is 0.143. The lowest BCUT2D eigenvalue weighted by atomic mass is 9.99. The lowest BCUT2D eigenvalue weighted by Crippen LogP contribution is -2.62. The molecule has 4 heterocycles. The fraction of sp³-hybridized carbons (Fsp3) is 0.438. The van der Waals surface area contributed by atoms with E-state index in [1.54, 1.807) is 14.2 Å². The van der Waals surface area contributed by atoms with E-state index in [1.165, 1.54) is 25.6 Å². The summed E-state index contributed by atoms with van der Waals surface area (Å²) in [5.41, 5.74) is 9.72. The molecule has 0 bridgehead atoms. The zero-order valence-electron chi connectivity index (χ0n) is 25.8. The third-order valence-electron chi connectivity index (χ3n) is 8.84.